The van der Waals surface area contributed by atoms with Gasteiger partial charge in [-0.2, -0.15) is 0 Å². The van der Waals surface area contributed by atoms with Crippen LogP contribution in [0.4, 0.5) is 0 Å². The first-order valence-electron chi connectivity index (χ1n) is 11.8. The van der Waals surface area contributed by atoms with Crippen LogP contribution in [0, 0.1) is 13.8 Å². The Hall–Kier alpha value is -3.07. The van der Waals surface area contributed by atoms with Gasteiger partial charge in [-0.15, -0.1) is 0 Å². The van der Waals surface area contributed by atoms with Crippen LogP contribution >= 0.6 is 0 Å². The third-order valence-electron chi connectivity index (χ3n) is 6.42. The number of hydrogen-bond donors (Lipinski definition) is 1. The number of fused-ring (bicyclic) bond motifs is 1. The fourth-order valence-electron chi connectivity index (χ4n) is 4.64. The summed E-state index contributed by atoms with van der Waals surface area (Å²) in [5.74, 6) is 0.703. The molecule has 0 radical (unpaired) electrons. The molecule has 0 saturated heterocycles. The SMILES string of the molecule is CC[C@H](Oc1ccc2c(c1)CCCC2)C(=O)N[C@H](c1ccccc1)c1ccc(C)cc1C. The van der Waals surface area contributed by atoms with Crippen LogP contribution in [-0.2, 0) is 17.6 Å². The summed E-state index contributed by atoms with van der Waals surface area (Å²) in [6.07, 6.45) is 4.79. The molecule has 1 aliphatic rings. The molecule has 32 heavy (non-hydrogen) atoms. The fraction of sp³-hybridized carbons (Fsp3) is 0.345. The smallest absolute Gasteiger partial charge is 0.261 e. The summed E-state index contributed by atoms with van der Waals surface area (Å²) in [4.78, 5) is 13.4. The van der Waals surface area contributed by atoms with Crippen molar-refractivity contribution >= 4 is 5.91 Å². The summed E-state index contributed by atoms with van der Waals surface area (Å²) in [6.45, 7) is 6.19. The number of ether oxygens (including phenoxy) is 1. The predicted molar refractivity (Wildman–Crippen MR) is 130 cm³/mol. The van der Waals surface area contributed by atoms with Crippen molar-refractivity contribution in [1.29, 1.82) is 0 Å². The number of nitrogens with one attached hydrogen (secondary N) is 1. The molecule has 0 saturated carbocycles. The van der Waals surface area contributed by atoms with E-state index in [-0.39, 0.29) is 11.9 Å². The van der Waals surface area contributed by atoms with Gasteiger partial charge in [0.05, 0.1) is 6.04 Å². The van der Waals surface area contributed by atoms with Crippen molar-refractivity contribution in [2.24, 2.45) is 0 Å². The Bertz CT molecular complexity index is 1070. The molecule has 0 fully saturated rings. The zero-order chi connectivity index (χ0) is 22.5. The van der Waals surface area contributed by atoms with Gasteiger partial charge in [-0.25, -0.2) is 0 Å². The third kappa shape index (κ3) is 5.04. The van der Waals surface area contributed by atoms with Crippen LogP contribution in [0.3, 0.4) is 0 Å². The number of carbonyl (C=O) groups excluding carboxylic acids is 1. The minimum atomic E-state index is -0.534. The van der Waals surface area contributed by atoms with Gasteiger partial charge in [-0.1, -0.05) is 67.1 Å². The van der Waals surface area contributed by atoms with Crippen molar-refractivity contribution in [3.63, 3.8) is 0 Å². The quantitative estimate of drug-likeness (QED) is 0.484. The average molecular weight is 428 g/mol. The van der Waals surface area contributed by atoms with Crippen LogP contribution in [-0.4, -0.2) is 12.0 Å². The molecular weight excluding hydrogens is 394 g/mol. The van der Waals surface area contributed by atoms with Gasteiger partial charge in [-0.3, -0.25) is 4.79 Å². The molecule has 0 unspecified atom stereocenters. The first-order valence-corrected chi connectivity index (χ1v) is 11.8. The average Bonchev–Trinajstić information content (AvgIpc) is 2.81. The van der Waals surface area contributed by atoms with E-state index in [4.69, 9.17) is 4.74 Å². The highest BCUT2D eigenvalue weighted by molar-refractivity contribution is 5.82. The Morgan fingerprint density at radius 2 is 1.69 bits per heavy atom. The molecule has 3 nitrogen and oxygen atoms in total. The second kappa shape index (κ2) is 10.0. The van der Waals surface area contributed by atoms with Crippen LogP contribution < -0.4 is 10.1 Å². The summed E-state index contributed by atoms with van der Waals surface area (Å²) in [6, 6.07) is 22.6. The second-order valence-corrected chi connectivity index (χ2v) is 8.86. The normalized spacial score (nSPS) is 14.8. The van der Waals surface area contributed by atoms with E-state index in [1.54, 1.807) is 0 Å². The van der Waals surface area contributed by atoms with Crippen LogP contribution in [0.5, 0.6) is 5.75 Å². The lowest BCUT2D eigenvalue weighted by Gasteiger charge is -2.25. The molecule has 166 valence electrons. The molecule has 1 aliphatic carbocycles. The highest BCUT2D eigenvalue weighted by Gasteiger charge is 2.25. The Morgan fingerprint density at radius 3 is 2.41 bits per heavy atom. The molecule has 0 spiro atoms. The van der Waals surface area contributed by atoms with Gasteiger partial charge in [0.15, 0.2) is 6.10 Å². The monoisotopic (exact) mass is 427 g/mol. The Kier molecular flexibility index (Phi) is 6.94. The van der Waals surface area contributed by atoms with E-state index in [1.165, 1.54) is 35.1 Å². The zero-order valence-electron chi connectivity index (χ0n) is 19.4. The van der Waals surface area contributed by atoms with Crippen LogP contribution in [0.1, 0.15) is 65.6 Å². The molecule has 0 bridgehead atoms. The van der Waals surface area contributed by atoms with Crippen LogP contribution in [0.2, 0.25) is 0 Å². The predicted octanol–water partition coefficient (Wildman–Crippen LogP) is 6.25. The number of carbonyl (C=O) groups is 1. The van der Waals surface area contributed by atoms with E-state index < -0.39 is 6.10 Å². The van der Waals surface area contributed by atoms with Gasteiger partial charge in [-0.05, 0) is 85.9 Å². The van der Waals surface area contributed by atoms with Crippen molar-refractivity contribution < 1.29 is 9.53 Å². The number of hydrogen-bond acceptors (Lipinski definition) is 2. The molecule has 1 amide bonds. The summed E-state index contributed by atoms with van der Waals surface area (Å²) < 4.78 is 6.20. The molecule has 3 aromatic carbocycles. The first-order chi connectivity index (χ1) is 15.5. The highest BCUT2D eigenvalue weighted by Crippen LogP contribution is 2.28. The molecule has 0 aromatic heterocycles. The molecule has 3 aromatic rings. The van der Waals surface area contributed by atoms with Gasteiger partial charge >= 0.3 is 0 Å². The molecular formula is C29H33NO2. The summed E-state index contributed by atoms with van der Waals surface area (Å²) >= 11 is 0. The maximum Gasteiger partial charge on any atom is 0.261 e. The standard InChI is InChI=1S/C29H33NO2/c1-4-27(32-25-16-15-22-10-8-9-13-24(22)19-25)29(31)30-28(23-11-6-5-7-12-23)26-17-14-20(2)18-21(26)3/h5-7,11-12,14-19,27-28H,4,8-10,13H2,1-3H3,(H,30,31)/t27-,28+/m0/s1. The first kappa shape index (κ1) is 22.1. The number of amides is 1. The summed E-state index contributed by atoms with van der Waals surface area (Å²) in [5.41, 5.74) is 7.34. The molecule has 2 atom stereocenters. The zero-order valence-corrected chi connectivity index (χ0v) is 19.4. The van der Waals surface area contributed by atoms with E-state index in [0.717, 1.165) is 29.7 Å². The van der Waals surface area contributed by atoms with Gasteiger partial charge in [0.1, 0.15) is 5.75 Å². The lowest BCUT2D eigenvalue weighted by Crippen LogP contribution is -2.40. The lowest BCUT2D eigenvalue weighted by molar-refractivity contribution is -0.128. The van der Waals surface area contributed by atoms with Gasteiger partial charge < -0.3 is 10.1 Å². The number of rotatable bonds is 7. The summed E-state index contributed by atoms with van der Waals surface area (Å²) in [5, 5.41) is 3.28. The largest absolute Gasteiger partial charge is 0.481 e. The number of benzene rings is 3. The van der Waals surface area contributed by atoms with E-state index in [1.807, 2.05) is 31.2 Å². The maximum absolute atomic E-state index is 13.4. The third-order valence-corrected chi connectivity index (χ3v) is 6.42. The fourth-order valence-corrected chi connectivity index (χ4v) is 4.64. The van der Waals surface area contributed by atoms with Gasteiger partial charge in [0, 0.05) is 0 Å². The maximum atomic E-state index is 13.4. The van der Waals surface area contributed by atoms with E-state index in [0.29, 0.717) is 6.42 Å². The van der Waals surface area contributed by atoms with Crippen molar-refractivity contribution in [1.82, 2.24) is 5.32 Å². The van der Waals surface area contributed by atoms with Crippen molar-refractivity contribution in [2.75, 3.05) is 0 Å². The highest BCUT2D eigenvalue weighted by atomic mass is 16.5. The molecule has 0 aliphatic heterocycles. The minimum absolute atomic E-state index is 0.0842. The van der Waals surface area contributed by atoms with Crippen LogP contribution in [0.25, 0.3) is 0 Å². The van der Waals surface area contributed by atoms with E-state index in [9.17, 15) is 4.79 Å². The Morgan fingerprint density at radius 1 is 0.938 bits per heavy atom. The topological polar surface area (TPSA) is 38.3 Å². The molecule has 1 N–H and O–H groups in total. The van der Waals surface area contributed by atoms with Crippen molar-refractivity contribution in [3.8, 4) is 5.75 Å². The lowest BCUT2D eigenvalue weighted by atomic mass is 9.92. The van der Waals surface area contributed by atoms with E-state index >= 15 is 0 Å². The van der Waals surface area contributed by atoms with Gasteiger partial charge in [0.2, 0.25) is 0 Å². The molecule has 4 rings (SSSR count). The van der Waals surface area contributed by atoms with Crippen molar-refractivity contribution in [2.45, 2.75) is 65.0 Å². The summed E-state index contributed by atoms with van der Waals surface area (Å²) in [7, 11) is 0. The minimum Gasteiger partial charge on any atom is -0.481 e. The Labute approximate surface area is 191 Å². The van der Waals surface area contributed by atoms with Crippen LogP contribution in [0.15, 0.2) is 66.7 Å². The molecule has 0 heterocycles. The van der Waals surface area contributed by atoms with Crippen molar-refractivity contribution in [3.05, 3.63) is 100 Å². The number of aryl methyl sites for hydroxylation is 4. The molecule has 3 heteroatoms. The van der Waals surface area contributed by atoms with Gasteiger partial charge in [0.25, 0.3) is 5.91 Å². The van der Waals surface area contributed by atoms with E-state index in [2.05, 4.69) is 61.6 Å². The Balaban J connectivity index is 1.56. The second-order valence-electron chi connectivity index (χ2n) is 8.86.